The van der Waals surface area contributed by atoms with Crippen LogP contribution < -0.4 is 0 Å². The minimum absolute atomic E-state index is 0.0652. The van der Waals surface area contributed by atoms with Crippen LogP contribution in [-0.4, -0.2) is 72.0 Å². The van der Waals surface area contributed by atoms with E-state index in [1.807, 2.05) is 0 Å². The maximum Gasteiger partial charge on any atom is 0.418 e. The summed E-state index contributed by atoms with van der Waals surface area (Å²) in [6.07, 6.45) is 1.74. The second-order valence-corrected chi connectivity index (χ2v) is 15.7. The van der Waals surface area contributed by atoms with Crippen LogP contribution >= 0.6 is 0 Å². The number of oxime groups is 1. The van der Waals surface area contributed by atoms with Crippen LogP contribution in [0.5, 0.6) is 0 Å². The third kappa shape index (κ3) is 3.94. The van der Waals surface area contributed by atoms with Crippen LogP contribution in [0.15, 0.2) is 11.4 Å². The summed E-state index contributed by atoms with van der Waals surface area (Å²) >= 11 is 0. The first-order chi connectivity index (χ1) is 14.7. The van der Waals surface area contributed by atoms with E-state index < -0.39 is 36.8 Å². The molecule has 32 heavy (non-hydrogen) atoms. The molecular weight excluding hydrogens is 458 g/mol. The fraction of sp³-hybridized carbons (Fsp3) is 0.722. The first kappa shape index (κ1) is 23.2. The topological polar surface area (TPSA) is 136 Å². The fourth-order valence-electron chi connectivity index (χ4n) is 3.98. The third-order valence-corrected chi connectivity index (χ3v) is 11.6. The highest BCUT2D eigenvalue weighted by molar-refractivity contribution is 7.80. The number of aromatic nitrogens is 2. The van der Waals surface area contributed by atoms with E-state index in [-0.39, 0.29) is 17.7 Å². The van der Waals surface area contributed by atoms with Gasteiger partial charge in [-0.3, -0.25) is 9.23 Å². The smallest absolute Gasteiger partial charge is 0.413 e. The summed E-state index contributed by atoms with van der Waals surface area (Å²) in [5, 5.41) is 9.28. The molecule has 1 saturated heterocycles. The zero-order valence-electron chi connectivity index (χ0n) is 19.0. The lowest BCUT2D eigenvalue weighted by Gasteiger charge is -2.36. The van der Waals surface area contributed by atoms with Gasteiger partial charge < -0.3 is 14.2 Å². The molecule has 1 fully saturated rings. The molecule has 0 radical (unpaired) electrons. The largest absolute Gasteiger partial charge is 0.418 e. The maximum absolute atomic E-state index is 13.0. The minimum Gasteiger partial charge on any atom is -0.413 e. The number of fused-ring (bicyclic) bond motifs is 4. The molecule has 3 aliphatic heterocycles. The zero-order chi connectivity index (χ0) is 23.6. The lowest BCUT2D eigenvalue weighted by Crippen LogP contribution is -2.43. The number of aryl methyl sites for hydroxylation is 1. The molecule has 3 unspecified atom stereocenters. The van der Waals surface area contributed by atoms with Crippen LogP contribution in [0.4, 0.5) is 4.79 Å². The molecule has 0 spiro atoms. The number of hydrogen-bond donors (Lipinski definition) is 1. The standard InChI is InChI=1S/C18H29N5O7SSi/c1-18(2,3)32(5,6)28-10-11-7-13(20-29-11)16-15-12(8-19-21(15)4)14-9-22(16)17(24)23(14)30-31(25,26)27/h8,11,14,16H,7,9-10H2,1-6H3,(H,25,26,27). The Hall–Kier alpha value is -2.00. The Bertz CT molecular complexity index is 1060. The van der Waals surface area contributed by atoms with Crippen molar-refractivity contribution < 1.29 is 31.3 Å². The summed E-state index contributed by atoms with van der Waals surface area (Å²) in [6.45, 7) is 11.4. The predicted octanol–water partition coefficient (Wildman–Crippen LogP) is 2.15. The van der Waals surface area contributed by atoms with Crippen molar-refractivity contribution in [1.29, 1.82) is 0 Å². The van der Waals surface area contributed by atoms with Gasteiger partial charge in [-0.05, 0) is 18.1 Å². The molecular formula is C18H29N5O7SSi. The van der Waals surface area contributed by atoms with Crippen LogP contribution in [-0.2, 0) is 31.0 Å². The van der Waals surface area contributed by atoms with Crippen molar-refractivity contribution in [3.05, 3.63) is 17.5 Å². The van der Waals surface area contributed by atoms with Crippen molar-refractivity contribution >= 4 is 30.5 Å². The second-order valence-electron chi connectivity index (χ2n) is 9.88. The molecule has 2 bridgehead atoms. The number of urea groups is 1. The summed E-state index contributed by atoms with van der Waals surface area (Å²) in [5.74, 6) is 0. The Kier molecular flexibility index (Phi) is 5.44. The number of rotatable bonds is 6. The van der Waals surface area contributed by atoms with E-state index >= 15 is 0 Å². The monoisotopic (exact) mass is 487 g/mol. The number of amides is 2. The molecule has 1 N–H and O–H groups in total. The van der Waals surface area contributed by atoms with E-state index in [4.69, 9.17) is 13.8 Å². The van der Waals surface area contributed by atoms with Crippen molar-refractivity contribution in [1.82, 2.24) is 19.7 Å². The molecule has 3 atom stereocenters. The van der Waals surface area contributed by atoms with Gasteiger partial charge >= 0.3 is 16.4 Å². The Morgan fingerprint density at radius 3 is 2.66 bits per heavy atom. The summed E-state index contributed by atoms with van der Waals surface area (Å²) in [5.41, 5.74) is 1.95. The van der Waals surface area contributed by atoms with Crippen LogP contribution in [0.2, 0.25) is 18.1 Å². The van der Waals surface area contributed by atoms with Crippen LogP contribution in [0.25, 0.3) is 0 Å². The van der Waals surface area contributed by atoms with Gasteiger partial charge in [0.05, 0.1) is 30.8 Å². The SMILES string of the molecule is Cn1ncc2c1C(C1=NOC(CO[Si](C)(C)C(C)(C)C)C1)N1CC2N(OS(=O)(=O)O)C1=O. The summed E-state index contributed by atoms with van der Waals surface area (Å²) in [7, 11) is -5.09. The molecule has 4 rings (SSSR count). The highest BCUT2D eigenvalue weighted by Gasteiger charge is 2.54. The predicted molar refractivity (Wildman–Crippen MR) is 115 cm³/mol. The molecule has 4 heterocycles. The van der Waals surface area contributed by atoms with Gasteiger partial charge in [-0.15, -0.1) is 4.28 Å². The van der Waals surface area contributed by atoms with E-state index in [0.717, 1.165) is 0 Å². The molecule has 3 aliphatic rings. The van der Waals surface area contributed by atoms with E-state index in [0.29, 0.717) is 35.1 Å². The Morgan fingerprint density at radius 2 is 2.03 bits per heavy atom. The molecule has 0 aliphatic carbocycles. The molecule has 1 aromatic heterocycles. The first-order valence-corrected chi connectivity index (χ1v) is 14.6. The van der Waals surface area contributed by atoms with E-state index in [1.165, 1.54) is 4.90 Å². The van der Waals surface area contributed by atoms with Crippen molar-refractivity contribution in [2.24, 2.45) is 12.2 Å². The summed E-state index contributed by atoms with van der Waals surface area (Å²) in [4.78, 5) is 20.1. The van der Waals surface area contributed by atoms with Crippen LogP contribution in [0.3, 0.4) is 0 Å². The quantitative estimate of drug-likeness (QED) is 0.476. The fourth-order valence-corrected chi connectivity index (χ4v) is 5.39. The number of carbonyl (C=O) groups is 1. The lowest BCUT2D eigenvalue weighted by molar-refractivity contribution is -0.0316. The van der Waals surface area contributed by atoms with Gasteiger partial charge in [-0.2, -0.15) is 18.6 Å². The van der Waals surface area contributed by atoms with Crippen molar-refractivity contribution in [3.63, 3.8) is 0 Å². The zero-order valence-corrected chi connectivity index (χ0v) is 20.8. The van der Waals surface area contributed by atoms with Gasteiger partial charge in [0.15, 0.2) is 14.4 Å². The highest BCUT2D eigenvalue weighted by Crippen LogP contribution is 2.46. The molecule has 12 nitrogen and oxygen atoms in total. The maximum atomic E-state index is 13.0. The highest BCUT2D eigenvalue weighted by atomic mass is 32.3. The van der Waals surface area contributed by atoms with Gasteiger partial charge in [0.25, 0.3) is 0 Å². The normalized spacial score (nSPS) is 25.8. The van der Waals surface area contributed by atoms with Crippen molar-refractivity contribution in [3.8, 4) is 0 Å². The molecule has 0 saturated carbocycles. The molecule has 2 amide bonds. The molecule has 14 heteroatoms. The van der Waals surface area contributed by atoms with Gasteiger partial charge in [0, 0.05) is 19.0 Å². The van der Waals surface area contributed by atoms with Gasteiger partial charge in [0.2, 0.25) is 0 Å². The summed E-state index contributed by atoms with van der Waals surface area (Å²) in [6, 6.07) is -1.99. The average Bonchev–Trinajstić information content (AvgIpc) is 3.34. The number of carbonyl (C=O) groups excluding carboxylic acids is 1. The van der Waals surface area contributed by atoms with Crippen molar-refractivity contribution in [2.45, 2.75) is 63.5 Å². The van der Waals surface area contributed by atoms with Gasteiger partial charge in [-0.1, -0.05) is 25.9 Å². The van der Waals surface area contributed by atoms with Crippen molar-refractivity contribution in [2.75, 3.05) is 13.2 Å². The van der Waals surface area contributed by atoms with E-state index in [1.54, 1.807) is 17.9 Å². The molecule has 0 aromatic carbocycles. The Labute approximate surface area is 188 Å². The van der Waals surface area contributed by atoms with Crippen LogP contribution in [0, 0.1) is 0 Å². The molecule has 178 valence electrons. The number of hydrogen-bond acceptors (Lipinski definition) is 8. The van der Waals surface area contributed by atoms with Gasteiger partial charge in [0.1, 0.15) is 12.1 Å². The Morgan fingerprint density at radius 1 is 1.34 bits per heavy atom. The third-order valence-electron chi connectivity index (χ3n) is 6.71. The lowest BCUT2D eigenvalue weighted by atomic mass is 9.93. The van der Waals surface area contributed by atoms with Crippen LogP contribution in [0.1, 0.15) is 50.5 Å². The average molecular weight is 488 g/mol. The van der Waals surface area contributed by atoms with E-state index in [9.17, 15) is 13.2 Å². The summed E-state index contributed by atoms with van der Waals surface area (Å²) < 4.78 is 44.2. The first-order valence-electron chi connectivity index (χ1n) is 10.3. The Balaban J connectivity index is 1.55. The minimum atomic E-state index is -4.87. The number of hydroxylamine groups is 2. The molecule has 1 aromatic rings. The number of nitrogens with zero attached hydrogens (tertiary/aromatic N) is 5. The van der Waals surface area contributed by atoms with Gasteiger partial charge in [-0.25, -0.2) is 4.79 Å². The van der Waals surface area contributed by atoms with E-state index in [2.05, 4.69) is 48.4 Å². The second kappa shape index (κ2) is 7.51.